The fourth-order valence-electron chi connectivity index (χ4n) is 1.96. The predicted octanol–water partition coefficient (Wildman–Crippen LogP) is 3.10. The number of anilines is 1. The van der Waals surface area contributed by atoms with Crippen LogP contribution in [0.5, 0.6) is 5.75 Å². The topological polar surface area (TPSA) is 73.3 Å². The molecule has 1 aromatic heterocycles. The second-order valence-electron chi connectivity index (χ2n) is 5.13. The third-order valence-corrected chi connectivity index (χ3v) is 4.15. The third-order valence-electron chi connectivity index (χ3n) is 3.34. The summed E-state index contributed by atoms with van der Waals surface area (Å²) in [7, 11) is 1.59. The number of methoxy groups -OCH3 is 1. The fraction of sp³-hybridized carbons (Fsp3) is 0.438. The summed E-state index contributed by atoms with van der Waals surface area (Å²) in [5, 5.41) is 11.8. The number of carbonyl (C=O) groups excluding carboxylic acids is 1. The molecule has 0 aliphatic carbocycles. The fourth-order valence-corrected chi connectivity index (χ4v) is 2.69. The summed E-state index contributed by atoms with van der Waals surface area (Å²) in [6.45, 7) is 4.99. The van der Waals surface area contributed by atoms with Crippen molar-refractivity contribution in [2.75, 3.05) is 19.0 Å². The number of hydrogen-bond acceptors (Lipinski definition) is 6. The Morgan fingerprint density at radius 2 is 2.13 bits per heavy atom. The first-order valence-corrected chi connectivity index (χ1v) is 8.22. The summed E-state index contributed by atoms with van der Waals surface area (Å²) in [6, 6.07) is 5.97. The number of ether oxygens (including phenoxy) is 2. The molecule has 6 nitrogen and oxygen atoms in total. The van der Waals surface area contributed by atoms with Gasteiger partial charge in [-0.25, -0.2) is 0 Å². The number of nitrogens with one attached hydrogen (secondary N) is 1. The average molecular weight is 335 g/mol. The van der Waals surface area contributed by atoms with Gasteiger partial charge in [0.25, 0.3) is 0 Å². The standard InChI is InChI=1S/C16H21N3O3S/c1-11-6-4-7-13(12(11)2)22-9-5-8-14(20)17-16-19-18-15(23-16)10-21-3/h4,6-7H,5,8-10H2,1-3H3,(H,17,19,20). The van der Waals surface area contributed by atoms with E-state index in [9.17, 15) is 4.79 Å². The number of benzene rings is 1. The molecule has 0 aliphatic heterocycles. The molecule has 2 aromatic rings. The van der Waals surface area contributed by atoms with E-state index in [2.05, 4.69) is 28.5 Å². The molecule has 0 radical (unpaired) electrons. The van der Waals surface area contributed by atoms with Gasteiger partial charge in [-0.2, -0.15) is 0 Å². The Bertz CT molecular complexity index is 658. The highest BCUT2D eigenvalue weighted by molar-refractivity contribution is 7.15. The van der Waals surface area contributed by atoms with Crippen molar-refractivity contribution in [2.45, 2.75) is 33.3 Å². The molecule has 0 aliphatic rings. The van der Waals surface area contributed by atoms with Crippen LogP contribution in [0.4, 0.5) is 5.13 Å². The minimum atomic E-state index is -0.0883. The first-order chi connectivity index (χ1) is 11.1. The molecule has 0 atom stereocenters. The molecule has 0 saturated heterocycles. The molecule has 0 bridgehead atoms. The summed E-state index contributed by atoms with van der Waals surface area (Å²) in [5.41, 5.74) is 2.33. The SMILES string of the molecule is COCc1nnc(NC(=O)CCCOc2cccc(C)c2C)s1. The van der Waals surface area contributed by atoms with E-state index >= 15 is 0 Å². The van der Waals surface area contributed by atoms with Crippen LogP contribution in [0, 0.1) is 13.8 Å². The lowest BCUT2D eigenvalue weighted by molar-refractivity contribution is -0.116. The van der Waals surface area contributed by atoms with Crippen LogP contribution in [0.1, 0.15) is 29.0 Å². The maximum Gasteiger partial charge on any atom is 0.226 e. The number of aromatic nitrogens is 2. The minimum absolute atomic E-state index is 0.0883. The number of amides is 1. The Morgan fingerprint density at radius 1 is 1.30 bits per heavy atom. The van der Waals surface area contributed by atoms with Crippen molar-refractivity contribution in [3.05, 3.63) is 34.3 Å². The molecule has 23 heavy (non-hydrogen) atoms. The smallest absolute Gasteiger partial charge is 0.226 e. The second kappa shape index (κ2) is 8.59. The van der Waals surface area contributed by atoms with Gasteiger partial charge in [0.15, 0.2) is 0 Å². The largest absolute Gasteiger partial charge is 0.493 e. The van der Waals surface area contributed by atoms with Crippen molar-refractivity contribution in [3.8, 4) is 5.75 Å². The van der Waals surface area contributed by atoms with Crippen LogP contribution in [-0.4, -0.2) is 29.8 Å². The minimum Gasteiger partial charge on any atom is -0.493 e. The molecule has 0 saturated carbocycles. The number of nitrogens with zero attached hydrogens (tertiary/aromatic N) is 2. The number of carbonyl (C=O) groups is 1. The van der Waals surface area contributed by atoms with E-state index in [1.807, 2.05) is 19.1 Å². The molecule has 0 spiro atoms. The first kappa shape index (κ1) is 17.4. The van der Waals surface area contributed by atoms with Crippen LogP contribution < -0.4 is 10.1 Å². The molecule has 124 valence electrons. The Morgan fingerprint density at radius 3 is 2.91 bits per heavy atom. The van der Waals surface area contributed by atoms with Crippen molar-refractivity contribution in [2.24, 2.45) is 0 Å². The van der Waals surface area contributed by atoms with Gasteiger partial charge in [0, 0.05) is 13.5 Å². The lowest BCUT2D eigenvalue weighted by Gasteiger charge is -2.10. The van der Waals surface area contributed by atoms with Crippen LogP contribution in [-0.2, 0) is 16.1 Å². The van der Waals surface area contributed by atoms with Gasteiger partial charge in [-0.3, -0.25) is 4.79 Å². The van der Waals surface area contributed by atoms with Gasteiger partial charge in [0.1, 0.15) is 17.4 Å². The third kappa shape index (κ3) is 5.30. The van der Waals surface area contributed by atoms with E-state index in [4.69, 9.17) is 9.47 Å². The van der Waals surface area contributed by atoms with Crippen molar-refractivity contribution < 1.29 is 14.3 Å². The molecule has 0 fully saturated rings. The average Bonchev–Trinajstić information content (AvgIpc) is 2.95. The van der Waals surface area contributed by atoms with Gasteiger partial charge in [0.05, 0.1) is 6.61 Å². The highest BCUT2D eigenvalue weighted by atomic mass is 32.1. The molecular formula is C16H21N3O3S. The van der Waals surface area contributed by atoms with E-state index in [0.717, 1.165) is 16.3 Å². The normalized spacial score (nSPS) is 10.6. The van der Waals surface area contributed by atoms with Crippen LogP contribution in [0.15, 0.2) is 18.2 Å². The number of aryl methyl sites for hydroxylation is 1. The molecule has 2 rings (SSSR count). The Balaban J connectivity index is 1.71. The number of hydrogen-bond donors (Lipinski definition) is 1. The van der Waals surface area contributed by atoms with E-state index in [1.54, 1.807) is 7.11 Å². The van der Waals surface area contributed by atoms with Crippen molar-refractivity contribution in [3.63, 3.8) is 0 Å². The summed E-state index contributed by atoms with van der Waals surface area (Å²) in [5.74, 6) is 0.786. The zero-order valence-electron chi connectivity index (χ0n) is 13.6. The molecular weight excluding hydrogens is 314 g/mol. The highest BCUT2D eigenvalue weighted by Gasteiger charge is 2.08. The van der Waals surface area contributed by atoms with E-state index < -0.39 is 0 Å². The van der Waals surface area contributed by atoms with Crippen molar-refractivity contribution in [1.29, 1.82) is 0 Å². The van der Waals surface area contributed by atoms with Crippen LogP contribution in [0.3, 0.4) is 0 Å². The van der Waals surface area contributed by atoms with E-state index in [1.165, 1.54) is 16.9 Å². The predicted molar refractivity (Wildman–Crippen MR) is 89.9 cm³/mol. The molecule has 1 heterocycles. The zero-order valence-corrected chi connectivity index (χ0v) is 14.4. The van der Waals surface area contributed by atoms with Gasteiger partial charge in [-0.1, -0.05) is 23.5 Å². The van der Waals surface area contributed by atoms with Gasteiger partial charge in [-0.15, -0.1) is 10.2 Å². The maximum atomic E-state index is 11.9. The van der Waals surface area contributed by atoms with Gasteiger partial charge in [-0.05, 0) is 37.5 Å². The van der Waals surface area contributed by atoms with Crippen molar-refractivity contribution >= 4 is 22.4 Å². The molecule has 1 N–H and O–H groups in total. The Kier molecular flexibility index (Phi) is 6.49. The van der Waals surface area contributed by atoms with Crippen LogP contribution >= 0.6 is 11.3 Å². The van der Waals surface area contributed by atoms with Crippen molar-refractivity contribution in [1.82, 2.24) is 10.2 Å². The lowest BCUT2D eigenvalue weighted by atomic mass is 10.1. The van der Waals surface area contributed by atoms with E-state index in [-0.39, 0.29) is 5.91 Å². The molecule has 1 aromatic carbocycles. The summed E-state index contributed by atoms with van der Waals surface area (Å²) in [6.07, 6.45) is 1.02. The first-order valence-electron chi connectivity index (χ1n) is 7.40. The maximum absolute atomic E-state index is 11.9. The summed E-state index contributed by atoms with van der Waals surface area (Å²) in [4.78, 5) is 11.9. The zero-order chi connectivity index (χ0) is 16.7. The molecule has 7 heteroatoms. The summed E-state index contributed by atoms with van der Waals surface area (Å²) >= 11 is 1.32. The number of rotatable bonds is 8. The summed E-state index contributed by atoms with van der Waals surface area (Å²) < 4.78 is 10.7. The van der Waals surface area contributed by atoms with Gasteiger partial charge < -0.3 is 14.8 Å². The van der Waals surface area contributed by atoms with Gasteiger partial charge >= 0.3 is 0 Å². The Hall–Kier alpha value is -1.99. The molecule has 0 unspecified atom stereocenters. The lowest BCUT2D eigenvalue weighted by Crippen LogP contribution is -2.12. The van der Waals surface area contributed by atoms with Crippen LogP contribution in [0.25, 0.3) is 0 Å². The van der Waals surface area contributed by atoms with Crippen LogP contribution in [0.2, 0.25) is 0 Å². The second-order valence-corrected chi connectivity index (χ2v) is 6.19. The Labute approximate surface area is 139 Å². The molecule has 1 amide bonds. The van der Waals surface area contributed by atoms with Gasteiger partial charge in [0.2, 0.25) is 11.0 Å². The van der Waals surface area contributed by atoms with E-state index in [0.29, 0.717) is 31.2 Å². The highest BCUT2D eigenvalue weighted by Crippen LogP contribution is 2.21. The quantitative estimate of drug-likeness (QED) is 0.750. The monoisotopic (exact) mass is 335 g/mol.